The highest BCUT2D eigenvalue weighted by molar-refractivity contribution is 9.10. The van der Waals surface area contributed by atoms with E-state index in [1.165, 1.54) is 24.5 Å². The van der Waals surface area contributed by atoms with Crippen molar-refractivity contribution in [2.45, 2.75) is 0 Å². The molecule has 0 unspecified atom stereocenters. The van der Waals surface area contributed by atoms with E-state index in [0.717, 1.165) is 0 Å². The number of carbonyl (C=O) groups is 1. The van der Waals surface area contributed by atoms with Gasteiger partial charge in [-0.3, -0.25) is 4.79 Å². The molecule has 1 N–H and O–H groups in total. The van der Waals surface area contributed by atoms with Gasteiger partial charge in [-0.2, -0.15) is 0 Å². The number of hydrogen-bond donors (Lipinski definition) is 1. The molecule has 0 radical (unpaired) electrons. The molecule has 0 aliphatic carbocycles. The number of rotatable bonds is 2. The van der Waals surface area contributed by atoms with Gasteiger partial charge in [-0.1, -0.05) is 15.9 Å². The van der Waals surface area contributed by atoms with E-state index in [0.29, 0.717) is 4.47 Å². The summed E-state index contributed by atoms with van der Waals surface area (Å²) in [5.74, 6) is -0.843. The molecule has 0 spiro atoms. The van der Waals surface area contributed by atoms with Crippen LogP contribution in [0.5, 0.6) is 0 Å². The molecule has 0 saturated carbocycles. The van der Waals surface area contributed by atoms with Crippen LogP contribution in [-0.4, -0.2) is 5.91 Å². The van der Waals surface area contributed by atoms with Gasteiger partial charge in [-0.05, 0) is 30.3 Å². The fourth-order valence-corrected chi connectivity index (χ4v) is 1.55. The summed E-state index contributed by atoms with van der Waals surface area (Å²) in [7, 11) is 0. The van der Waals surface area contributed by atoms with Crippen LogP contribution in [0.25, 0.3) is 0 Å². The van der Waals surface area contributed by atoms with Gasteiger partial charge in [-0.25, -0.2) is 4.39 Å². The van der Waals surface area contributed by atoms with Crippen molar-refractivity contribution in [3.05, 3.63) is 52.6 Å². The third-order valence-electron chi connectivity index (χ3n) is 1.92. The van der Waals surface area contributed by atoms with Crippen molar-refractivity contribution >= 4 is 27.5 Å². The first-order valence-electron chi connectivity index (χ1n) is 4.47. The van der Waals surface area contributed by atoms with Gasteiger partial charge >= 0.3 is 0 Å². The molecule has 2 rings (SSSR count). The van der Waals surface area contributed by atoms with Gasteiger partial charge in [-0.15, -0.1) is 0 Å². The van der Waals surface area contributed by atoms with Crippen LogP contribution in [0.1, 0.15) is 10.6 Å². The first kappa shape index (κ1) is 10.9. The molecule has 0 atom stereocenters. The van der Waals surface area contributed by atoms with Gasteiger partial charge in [0.25, 0.3) is 5.91 Å². The highest BCUT2D eigenvalue weighted by atomic mass is 79.9. The molecule has 2 aromatic rings. The summed E-state index contributed by atoms with van der Waals surface area (Å²) in [6.45, 7) is 0. The van der Waals surface area contributed by atoms with Gasteiger partial charge in [0.05, 0.1) is 12.0 Å². The molecule has 0 aliphatic rings. The molecule has 0 fully saturated rings. The molecule has 0 saturated heterocycles. The highest BCUT2D eigenvalue weighted by Gasteiger charge is 2.11. The number of halogens is 2. The molecule has 5 heteroatoms. The third-order valence-corrected chi connectivity index (χ3v) is 2.41. The van der Waals surface area contributed by atoms with E-state index in [4.69, 9.17) is 4.42 Å². The topological polar surface area (TPSA) is 42.2 Å². The van der Waals surface area contributed by atoms with Crippen molar-refractivity contribution in [3.63, 3.8) is 0 Å². The van der Waals surface area contributed by atoms with Crippen LogP contribution in [0.4, 0.5) is 10.1 Å². The molecule has 1 aromatic carbocycles. The smallest absolute Gasteiger partial charge is 0.291 e. The van der Waals surface area contributed by atoms with E-state index < -0.39 is 11.7 Å². The monoisotopic (exact) mass is 283 g/mol. The Kier molecular flexibility index (Phi) is 3.05. The second-order valence-corrected chi connectivity index (χ2v) is 3.97. The summed E-state index contributed by atoms with van der Waals surface area (Å²) < 4.78 is 18.9. The lowest BCUT2D eigenvalue weighted by Gasteiger charge is -2.04. The van der Waals surface area contributed by atoms with Crippen molar-refractivity contribution in [2.75, 3.05) is 5.32 Å². The summed E-state index contributed by atoms with van der Waals surface area (Å²) >= 11 is 3.19. The normalized spacial score (nSPS) is 10.1. The summed E-state index contributed by atoms with van der Waals surface area (Å²) in [6, 6.07) is 7.40. The van der Waals surface area contributed by atoms with Crippen LogP contribution < -0.4 is 5.32 Å². The van der Waals surface area contributed by atoms with Gasteiger partial charge < -0.3 is 9.73 Å². The van der Waals surface area contributed by atoms with Crippen molar-refractivity contribution < 1.29 is 13.6 Å². The van der Waals surface area contributed by atoms with Gasteiger partial charge in [0.1, 0.15) is 5.82 Å². The number of nitrogens with one attached hydrogen (secondary N) is 1. The molecule has 16 heavy (non-hydrogen) atoms. The summed E-state index contributed by atoms with van der Waals surface area (Å²) in [4.78, 5) is 11.6. The van der Waals surface area contributed by atoms with Crippen molar-refractivity contribution in [2.24, 2.45) is 0 Å². The number of carbonyl (C=O) groups excluding carboxylic acids is 1. The number of furan rings is 1. The van der Waals surface area contributed by atoms with E-state index in [1.807, 2.05) is 0 Å². The Balaban J connectivity index is 2.21. The van der Waals surface area contributed by atoms with Crippen molar-refractivity contribution in [1.29, 1.82) is 0 Å². The molecule has 0 bridgehead atoms. The first-order chi connectivity index (χ1) is 7.66. The van der Waals surface area contributed by atoms with Gasteiger partial charge in [0.15, 0.2) is 5.76 Å². The molecular formula is C11H7BrFNO2. The fourth-order valence-electron chi connectivity index (χ4n) is 1.18. The van der Waals surface area contributed by atoms with Crippen LogP contribution in [-0.2, 0) is 0 Å². The van der Waals surface area contributed by atoms with Crippen LogP contribution >= 0.6 is 15.9 Å². The predicted octanol–water partition coefficient (Wildman–Crippen LogP) is 3.43. The predicted molar refractivity (Wildman–Crippen MR) is 60.8 cm³/mol. The van der Waals surface area contributed by atoms with E-state index in [1.54, 1.807) is 12.1 Å². The zero-order valence-corrected chi connectivity index (χ0v) is 9.62. The maximum atomic E-state index is 13.3. The Bertz CT molecular complexity index is 511. The van der Waals surface area contributed by atoms with Crippen LogP contribution in [0, 0.1) is 5.82 Å². The van der Waals surface area contributed by atoms with E-state index >= 15 is 0 Å². The molecule has 82 valence electrons. The van der Waals surface area contributed by atoms with E-state index in [9.17, 15) is 9.18 Å². The zero-order valence-electron chi connectivity index (χ0n) is 8.04. The van der Waals surface area contributed by atoms with E-state index in [2.05, 4.69) is 21.2 Å². The lowest BCUT2D eigenvalue weighted by molar-refractivity contribution is 0.0996. The van der Waals surface area contributed by atoms with Crippen LogP contribution in [0.3, 0.4) is 0 Å². The van der Waals surface area contributed by atoms with Crippen molar-refractivity contribution in [3.8, 4) is 0 Å². The Hall–Kier alpha value is -1.62. The average Bonchev–Trinajstić information content (AvgIpc) is 2.76. The summed E-state index contributed by atoms with van der Waals surface area (Å²) in [5, 5.41) is 2.42. The Labute approximate surface area is 99.4 Å². The summed E-state index contributed by atoms with van der Waals surface area (Å²) in [6.07, 6.45) is 1.38. The fraction of sp³-hybridized carbons (Fsp3) is 0. The van der Waals surface area contributed by atoms with Gasteiger partial charge in [0.2, 0.25) is 0 Å². The molecular weight excluding hydrogens is 277 g/mol. The maximum absolute atomic E-state index is 13.3. The molecule has 1 aromatic heterocycles. The van der Waals surface area contributed by atoms with Crippen molar-refractivity contribution in [1.82, 2.24) is 0 Å². The minimum atomic E-state index is -0.497. The Morgan fingerprint density at radius 1 is 1.38 bits per heavy atom. The number of hydrogen-bond acceptors (Lipinski definition) is 2. The molecule has 1 heterocycles. The Morgan fingerprint density at radius 3 is 2.88 bits per heavy atom. The SMILES string of the molecule is O=C(Nc1cc(Br)ccc1F)c1ccco1. The second kappa shape index (κ2) is 4.49. The number of benzene rings is 1. The Morgan fingerprint density at radius 2 is 2.19 bits per heavy atom. The minimum Gasteiger partial charge on any atom is -0.459 e. The standard InChI is InChI=1S/C11H7BrFNO2/c12-7-3-4-8(13)9(6-7)14-11(15)10-2-1-5-16-10/h1-6H,(H,14,15). The third kappa shape index (κ3) is 2.30. The largest absolute Gasteiger partial charge is 0.459 e. The van der Waals surface area contributed by atoms with Crippen LogP contribution in [0.15, 0.2) is 45.5 Å². The van der Waals surface area contributed by atoms with Crippen LogP contribution in [0.2, 0.25) is 0 Å². The minimum absolute atomic E-state index is 0.107. The first-order valence-corrected chi connectivity index (χ1v) is 5.26. The maximum Gasteiger partial charge on any atom is 0.291 e. The summed E-state index contributed by atoms with van der Waals surface area (Å²) in [5.41, 5.74) is 0.107. The second-order valence-electron chi connectivity index (χ2n) is 3.06. The lowest BCUT2D eigenvalue weighted by Crippen LogP contribution is -2.11. The zero-order chi connectivity index (χ0) is 11.5. The molecule has 0 aliphatic heterocycles. The number of anilines is 1. The quantitative estimate of drug-likeness (QED) is 0.918. The van der Waals surface area contributed by atoms with Gasteiger partial charge in [0, 0.05) is 4.47 Å². The highest BCUT2D eigenvalue weighted by Crippen LogP contribution is 2.20. The molecule has 1 amide bonds. The molecule has 3 nitrogen and oxygen atoms in total. The van der Waals surface area contributed by atoms with E-state index in [-0.39, 0.29) is 11.4 Å². The number of amides is 1. The average molecular weight is 284 g/mol. The lowest BCUT2D eigenvalue weighted by atomic mass is 10.3.